The van der Waals surface area contributed by atoms with Crippen molar-refractivity contribution >= 4 is 38.8 Å². The number of anilines is 1. The van der Waals surface area contributed by atoms with Crippen molar-refractivity contribution in [2.75, 3.05) is 5.32 Å². The molecule has 0 aliphatic carbocycles. The van der Waals surface area contributed by atoms with Gasteiger partial charge in [0.25, 0.3) is 0 Å². The Hall–Kier alpha value is -2.36. The van der Waals surface area contributed by atoms with Crippen molar-refractivity contribution in [3.63, 3.8) is 0 Å². The number of hydrogen-bond donors (Lipinski definition) is 1. The molecule has 0 bridgehead atoms. The molecule has 25 heavy (non-hydrogen) atoms. The van der Waals surface area contributed by atoms with Crippen LogP contribution in [0.15, 0.2) is 28.7 Å². The third kappa shape index (κ3) is 3.26. The first-order valence-electron chi connectivity index (χ1n) is 7.20. The predicted octanol–water partition coefficient (Wildman–Crippen LogP) is 3.50. The van der Waals surface area contributed by atoms with Crippen molar-refractivity contribution < 1.29 is 18.0 Å². The Labute approximate surface area is 148 Å². The van der Waals surface area contributed by atoms with Crippen LogP contribution in [0.2, 0.25) is 0 Å². The van der Waals surface area contributed by atoms with E-state index in [0.29, 0.717) is 11.5 Å². The monoisotopic (exact) mass is 415 g/mol. The molecule has 0 spiro atoms. The van der Waals surface area contributed by atoms with Gasteiger partial charge in [0.1, 0.15) is 6.54 Å². The summed E-state index contributed by atoms with van der Waals surface area (Å²) in [7, 11) is 1.74. The van der Waals surface area contributed by atoms with E-state index in [1.807, 2.05) is 18.2 Å². The molecule has 1 amide bonds. The number of carbonyl (C=O) groups is 1. The Balaban J connectivity index is 1.82. The van der Waals surface area contributed by atoms with Gasteiger partial charge in [-0.25, -0.2) is 4.98 Å². The van der Waals surface area contributed by atoms with Gasteiger partial charge in [0.15, 0.2) is 5.69 Å². The minimum Gasteiger partial charge on any atom is -0.313 e. The molecule has 6 nitrogen and oxygen atoms in total. The standard InChI is InChI=1S/C15H13BrF3N5O/c1-8-12(16)13(15(17,18)19)22-24(8)7-11(25)21-14-20-9-5-3-4-6-10(9)23(14)2/h3-6H,7H2,1-2H3,(H,20,21,25). The number of nitrogens with zero attached hydrogens (tertiary/aromatic N) is 4. The van der Waals surface area contributed by atoms with E-state index in [1.165, 1.54) is 6.92 Å². The molecule has 3 aromatic rings. The molecule has 1 N–H and O–H groups in total. The normalized spacial score (nSPS) is 11.9. The van der Waals surface area contributed by atoms with E-state index >= 15 is 0 Å². The molecule has 2 aromatic heterocycles. The number of carbonyl (C=O) groups excluding carboxylic acids is 1. The number of imidazole rings is 1. The summed E-state index contributed by atoms with van der Waals surface area (Å²) in [5.74, 6) is -0.212. The lowest BCUT2D eigenvalue weighted by molar-refractivity contribution is -0.142. The van der Waals surface area contributed by atoms with Crippen LogP contribution in [0.4, 0.5) is 19.1 Å². The van der Waals surface area contributed by atoms with Crippen LogP contribution < -0.4 is 5.32 Å². The number of hydrogen-bond acceptors (Lipinski definition) is 3. The molecule has 3 rings (SSSR count). The van der Waals surface area contributed by atoms with E-state index in [-0.39, 0.29) is 16.7 Å². The fraction of sp³-hybridized carbons (Fsp3) is 0.267. The van der Waals surface area contributed by atoms with Crippen molar-refractivity contribution in [3.05, 3.63) is 40.1 Å². The minimum absolute atomic E-state index is 0.171. The van der Waals surface area contributed by atoms with E-state index in [4.69, 9.17) is 0 Å². The molecule has 0 aliphatic heterocycles. The number of rotatable bonds is 3. The molecule has 2 heterocycles. The average Bonchev–Trinajstić information content (AvgIpc) is 2.99. The van der Waals surface area contributed by atoms with Crippen LogP contribution in [0, 0.1) is 6.92 Å². The number of amides is 1. The van der Waals surface area contributed by atoms with Crippen molar-refractivity contribution in [3.8, 4) is 0 Å². The highest BCUT2D eigenvalue weighted by molar-refractivity contribution is 9.10. The van der Waals surface area contributed by atoms with E-state index in [9.17, 15) is 18.0 Å². The van der Waals surface area contributed by atoms with E-state index in [1.54, 1.807) is 17.7 Å². The third-order valence-electron chi connectivity index (χ3n) is 3.73. The highest BCUT2D eigenvalue weighted by Crippen LogP contribution is 2.35. The SMILES string of the molecule is Cc1c(Br)c(C(F)(F)F)nn1CC(=O)Nc1nc2ccccc2n1C. The summed E-state index contributed by atoms with van der Waals surface area (Å²) >= 11 is 2.88. The highest BCUT2D eigenvalue weighted by atomic mass is 79.9. The Morgan fingerprint density at radius 3 is 2.60 bits per heavy atom. The number of alkyl halides is 3. The summed E-state index contributed by atoms with van der Waals surface area (Å²) < 4.78 is 41.2. The van der Waals surface area contributed by atoms with Crippen molar-refractivity contribution in [2.24, 2.45) is 7.05 Å². The number of aryl methyl sites for hydroxylation is 1. The number of aromatic nitrogens is 4. The predicted molar refractivity (Wildman–Crippen MR) is 89.0 cm³/mol. The molecule has 0 fully saturated rings. The van der Waals surface area contributed by atoms with E-state index < -0.39 is 17.8 Å². The smallest absolute Gasteiger partial charge is 0.313 e. The van der Waals surface area contributed by atoms with Gasteiger partial charge in [-0.05, 0) is 35.0 Å². The molecule has 0 saturated carbocycles. The van der Waals surface area contributed by atoms with Crippen LogP contribution in [-0.4, -0.2) is 25.2 Å². The van der Waals surface area contributed by atoms with Crippen LogP contribution in [0.25, 0.3) is 11.0 Å². The van der Waals surface area contributed by atoms with Gasteiger partial charge in [-0.15, -0.1) is 0 Å². The second kappa shape index (κ2) is 6.17. The van der Waals surface area contributed by atoms with Gasteiger partial charge in [0, 0.05) is 7.05 Å². The van der Waals surface area contributed by atoms with Crippen molar-refractivity contribution in [1.29, 1.82) is 0 Å². The van der Waals surface area contributed by atoms with Crippen molar-refractivity contribution in [1.82, 2.24) is 19.3 Å². The molecule has 0 aliphatic rings. The molecule has 0 atom stereocenters. The van der Waals surface area contributed by atoms with Gasteiger partial charge >= 0.3 is 6.18 Å². The zero-order chi connectivity index (χ0) is 18.4. The summed E-state index contributed by atoms with van der Waals surface area (Å²) in [5, 5.41) is 6.08. The fourth-order valence-electron chi connectivity index (χ4n) is 2.42. The van der Waals surface area contributed by atoms with Gasteiger partial charge in [0.05, 0.1) is 21.2 Å². The zero-order valence-electron chi connectivity index (χ0n) is 13.2. The Morgan fingerprint density at radius 1 is 1.32 bits per heavy atom. The minimum atomic E-state index is -4.59. The quantitative estimate of drug-likeness (QED) is 0.711. The van der Waals surface area contributed by atoms with Gasteiger partial charge in [-0.3, -0.25) is 14.8 Å². The summed E-state index contributed by atoms with van der Waals surface area (Å²) in [5.41, 5.74) is 0.695. The maximum absolute atomic E-state index is 12.9. The van der Waals surface area contributed by atoms with Gasteiger partial charge in [-0.1, -0.05) is 12.1 Å². The summed E-state index contributed by atoms with van der Waals surface area (Å²) in [6.07, 6.45) is -4.59. The van der Waals surface area contributed by atoms with Crippen LogP contribution >= 0.6 is 15.9 Å². The first kappa shape index (κ1) is 17.5. The van der Waals surface area contributed by atoms with E-state index in [0.717, 1.165) is 10.2 Å². The van der Waals surface area contributed by atoms with Crippen LogP contribution in [-0.2, 0) is 24.6 Å². The Bertz CT molecular complexity index is 960. The number of halogens is 4. The summed E-state index contributed by atoms with van der Waals surface area (Å²) in [6, 6.07) is 7.32. The molecule has 132 valence electrons. The molecule has 1 aromatic carbocycles. The van der Waals surface area contributed by atoms with Gasteiger partial charge in [-0.2, -0.15) is 18.3 Å². The second-order valence-electron chi connectivity index (χ2n) is 5.43. The topological polar surface area (TPSA) is 64.7 Å². The fourth-order valence-corrected chi connectivity index (χ4v) is 2.93. The number of para-hydroxylation sites is 2. The second-order valence-corrected chi connectivity index (χ2v) is 6.23. The number of nitrogens with one attached hydrogen (secondary N) is 1. The summed E-state index contributed by atoms with van der Waals surface area (Å²) in [6.45, 7) is 1.10. The Kier molecular flexibility index (Phi) is 4.31. The van der Waals surface area contributed by atoms with Crippen LogP contribution in [0.3, 0.4) is 0 Å². The first-order valence-corrected chi connectivity index (χ1v) is 7.99. The largest absolute Gasteiger partial charge is 0.436 e. The van der Waals surface area contributed by atoms with Gasteiger partial charge < -0.3 is 4.57 Å². The molecular weight excluding hydrogens is 403 g/mol. The highest BCUT2D eigenvalue weighted by Gasteiger charge is 2.38. The number of benzene rings is 1. The van der Waals surface area contributed by atoms with Gasteiger partial charge in [0.2, 0.25) is 11.9 Å². The third-order valence-corrected chi connectivity index (χ3v) is 4.68. The Morgan fingerprint density at radius 2 is 2.00 bits per heavy atom. The first-order chi connectivity index (χ1) is 11.7. The number of fused-ring (bicyclic) bond motifs is 1. The summed E-state index contributed by atoms with van der Waals surface area (Å²) in [4.78, 5) is 16.5. The molecule has 10 heteroatoms. The molecule has 0 unspecified atom stereocenters. The molecule has 0 saturated heterocycles. The molecule has 0 radical (unpaired) electrons. The maximum atomic E-state index is 12.9. The zero-order valence-corrected chi connectivity index (χ0v) is 14.8. The van der Waals surface area contributed by atoms with Crippen LogP contribution in [0.5, 0.6) is 0 Å². The maximum Gasteiger partial charge on any atom is 0.436 e. The molecular formula is C15H13BrF3N5O. The van der Waals surface area contributed by atoms with E-state index in [2.05, 4.69) is 31.3 Å². The average molecular weight is 416 g/mol. The lowest BCUT2D eigenvalue weighted by Gasteiger charge is -2.07. The van der Waals surface area contributed by atoms with Crippen LogP contribution in [0.1, 0.15) is 11.4 Å². The van der Waals surface area contributed by atoms with Crippen molar-refractivity contribution in [2.45, 2.75) is 19.6 Å². The lowest BCUT2D eigenvalue weighted by Crippen LogP contribution is -2.22. The lowest BCUT2D eigenvalue weighted by atomic mass is 10.3.